The number of methoxy groups -OCH3 is 1. The van der Waals surface area contributed by atoms with Gasteiger partial charge >= 0.3 is 0 Å². The number of rotatable bonds is 13. The Balaban J connectivity index is 2.07. The average molecular weight is 455 g/mol. The van der Waals surface area contributed by atoms with Crippen molar-refractivity contribution in [2.75, 3.05) is 20.3 Å². The number of amides is 1. The molecule has 33 heavy (non-hydrogen) atoms. The Kier molecular flexibility index (Phi) is 10.2. The van der Waals surface area contributed by atoms with Gasteiger partial charge in [-0.2, -0.15) is 10.4 Å². The van der Waals surface area contributed by atoms with Crippen LogP contribution >= 0.6 is 0 Å². The van der Waals surface area contributed by atoms with Gasteiger partial charge in [-0.25, -0.2) is 0 Å². The number of aryl methyl sites for hydroxylation is 2. The Morgan fingerprint density at radius 2 is 2.03 bits per heavy atom. The molecular weight excluding hydrogens is 416 g/mol. The molecule has 0 aliphatic rings. The number of benzene rings is 1. The SMILES string of the molecule is CCCN(Cc1ccc(OCC(C)C)c(OC)c1)C(=O)CCc1c(C)nn(CCC#N)c1C. The maximum atomic E-state index is 13.1. The van der Waals surface area contributed by atoms with Gasteiger partial charge in [-0.1, -0.05) is 26.8 Å². The van der Waals surface area contributed by atoms with Crippen LogP contribution in [0.25, 0.3) is 0 Å². The van der Waals surface area contributed by atoms with E-state index in [1.54, 1.807) is 7.11 Å². The molecule has 1 heterocycles. The van der Waals surface area contributed by atoms with Crippen LogP contribution in [0, 0.1) is 31.1 Å². The lowest BCUT2D eigenvalue weighted by molar-refractivity contribution is -0.131. The molecule has 7 heteroatoms. The Morgan fingerprint density at radius 3 is 2.67 bits per heavy atom. The third kappa shape index (κ3) is 7.52. The van der Waals surface area contributed by atoms with Gasteiger partial charge in [-0.3, -0.25) is 9.48 Å². The van der Waals surface area contributed by atoms with Crippen LogP contribution in [0.1, 0.15) is 62.5 Å². The first-order chi connectivity index (χ1) is 15.8. The van der Waals surface area contributed by atoms with Gasteiger partial charge in [-0.15, -0.1) is 0 Å². The molecule has 7 nitrogen and oxygen atoms in total. The first-order valence-corrected chi connectivity index (χ1v) is 11.8. The fourth-order valence-electron chi connectivity index (χ4n) is 3.83. The van der Waals surface area contributed by atoms with Gasteiger partial charge in [0.15, 0.2) is 11.5 Å². The Bertz CT molecular complexity index is 959. The summed E-state index contributed by atoms with van der Waals surface area (Å²) < 4.78 is 13.2. The normalized spacial score (nSPS) is 10.8. The van der Waals surface area contributed by atoms with Gasteiger partial charge in [0.2, 0.25) is 5.91 Å². The minimum atomic E-state index is 0.125. The number of ether oxygens (including phenoxy) is 2. The largest absolute Gasteiger partial charge is 0.493 e. The van der Waals surface area contributed by atoms with Crippen molar-refractivity contribution in [2.45, 2.75) is 73.4 Å². The number of hydrogen-bond donors (Lipinski definition) is 0. The predicted molar refractivity (Wildman–Crippen MR) is 129 cm³/mol. The lowest BCUT2D eigenvalue weighted by Crippen LogP contribution is -2.31. The topological polar surface area (TPSA) is 80.4 Å². The van der Waals surface area contributed by atoms with Gasteiger partial charge in [0, 0.05) is 25.2 Å². The second-order valence-corrected chi connectivity index (χ2v) is 8.79. The monoisotopic (exact) mass is 454 g/mol. The van der Waals surface area contributed by atoms with Crippen LogP contribution in [0.15, 0.2) is 18.2 Å². The summed E-state index contributed by atoms with van der Waals surface area (Å²) in [4.78, 5) is 15.0. The molecule has 2 aromatic rings. The van der Waals surface area contributed by atoms with Gasteiger partial charge in [-0.05, 0) is 55.9 Å². The van der Waals surface area contributed by atoms with E-state index in [9.17, 15) is 4.79 Å². The molecule has 2 rings (SSSR count). The molecule has 0 aliphatic heterocycles. The molecule has 1 aromatic heterocycles. The van der Waals surface area contributed by atoms with Crippen molar-refractivity contribution in [2.24, 2.45) is 5.92 Å². The number of nitriles is 1. The van der Waals surface area contributed by atoms with E-state index in [2.05, 4.69) is 31.9 Å². The van der Waals surface area contributed by atoms with Crippen molar-refractivity contribution in [3.63, 3.8) is 0 Å². The maximum absolute atomic E-state index is 13.1. The minimum Gasteiger partial charge on any atom is -0.493 e. The van der Waals surface area contributed by atoms with Crippen molar-refractivity contribution in [1.29, 1.82) is 5.26 Å². The Hall–Kier alpha value is -3.01. The molecule has 1 amide bonds. The van der Waals surface area contributed by atoms with E-state index in [4.69, 9.17) is 14.7 Å². The minimum absolute atomic E-state index is 0.125. The van der Waals surface area contributed by atoms with Crippen LogP contribution < -0.4 is 9.47 Å². The second-order valence-electron chi connectivity index (χ2n) is 8.79. The van der Waals surface area contributed by atoms with Gasteiger partial charge in [0.05, 0.1) is 38.4 Å². The Morgan fingerprint density at radius 1 is 1.27 bits per heavy atom. The summed E-state index contributed by atoms with van der Waals surface area (Å²) in [7, 11) is 1.64. The average Bonchev–Trinajstić information content (AvgIpc) is 3.06. The van der Waals surface area contributed by atoms with Crippen LogP contribution in [0.5, 0.6) is 11.5 Å². The van der Waals surface area contributed by atoms with Gasteiger partial charge in [0.25, 0.3) is 0 Å². The quantitative estimate of drug-likeness (QED) is 0.433. The molecule has 0 aliphatic carbocycles. The fraction of sp³-hybridized carbons (Fsp3) is 0.577. The molecule has 0 bridgehead atoms. The highest BCUT2D eigenvalue weighted by atomic mass is 16.5. The highest BCUT2D eigenvalue weighted by Gasteiger charge is 2.18. The van der Waals surface area contributed by atoms with Gasteiger partial charge in [0.1, 0.15) is 0 Å². The summed E-state index contributed by atoms with van der Waals surface area (Å²) in [6.45, 7) is 12.7. The molecular formula is C26H38N4O3. The second kappa shape index (κ2) is 12.9. The number of carbonyl (C=O) groups is 1. The van der Waals surface area contributed by atoms with E-state index >= 15 is 0 Å². The molecule has 0 spiro atoms. The number of carbonyl (C=O) groups excluding carboxylic acids is 1. The third-order valence-corrected chi connectivity index (χ3v) is 5.58. The first-order valence-electron chi connectivity index (χ1n) is 11.8. The lowest BCUT2D eigenvalue weighted by atomic mass is 10.1. The molecule has 0 atom stereocenters. The predicted octanol–water partition coefficient (Wildman–Crippen LogP) is 4.83. The van der Waals surface area contributed by atoms with E-state index in [1.165, 1.54) is 0 Å². The van der Waals surface area contributed by atoms with Crippen LogP contribution in [-0.2, 0) is 24.3 Å². The fourth-order valence-corrected chi connectivity index (χ4v) is 3.83. The van der Waals surface area contributed by atoms with E-state index in [0.29, 0.717) is 57.2 Å². The molecule has 180 valence electrons. The maximum Gasteiger partial charge on any atom is 0.223 e. The molecule has 0 fully saturated rings. The summed E-state index contributed by atoms with van der Waals surface area (Å²) in [6.07, 6.45) is 2.39. The van der Waals surface area contributed by atoms with E-state index < -0.39 is 0 Å². The van der Waals surface area contributed by atoms with Crippen LogP contribution in [0.4, 0.5) is 0 Å². The van der Waals surface area contributed by atoms with Crippen molar-refractivity contribution < 1.29 is 14.3 Å². The molecule has 0 unspecified atom stereocenters. The zero-order valence-corrected chi connectivity index (χ0v) is 21.0. The smallest absolute Gasteiger partial charge is 0.223 e. The van der Waals surface area contributed by atoms with Crippen LogP contribution in [0.2, 0.25) is 0 Å². The highest BCUT2D eigenvalue weighted by Crippen LogP contribution is 2.29. The van der Waals surface area contributed by atoms with Crippen LogP contribution in [0.3, 0.4) is 0 Å². The van der Waals surface area contributed by atoms with E-state index in [1.807, 2.05) is 41.6 Å². The van der Waals surface area contributed by atoms with Crippen molar-refractivity contribution in [3.8, 4) is 17.6 Å². The molecule has 0 N–H and O–H groups in total. The zero-order valence-electron chi connectivity index (χ0n) is 21.0. The van der Waals surface area contributed by atoms with Crippen molar-refractivity contribution in [1.82, 2.24) is 14.7 Å². The summed E-state index contributed by atoms with van der Waals surface area (Å²) in [6, 6.07) is 8.04. The summed E-state index contributed by atoms with van der Waals surface area (Å²) in [5, 5.41) is 13.4. The van der Waals surface area contributed by atoms with E-state index in [0.717, 1.165) is 34.7 Å². The third-order valence-electron chi connectivity index (χ3n) is 5.58. The highest BCUT2D eigenvalue weighted by molar-refractivity contribution is 5.76. The Labute approximate surface area is 198 Å². The van der Waals surface area contributed by atoms with Crippen LogP contribution in [-0.4, -0.2) is 40.8 Å². The number of hydrogen-bond acceptors (Lipinski definition) is 5. The zero-order chi connectivity index (χ0) is 24.4. The molecule has 0 saturated heterocycles. The summed E-state index contributed by atoms with van der Waals surface area (Å²) in [5.41, 5.74) is 4.09. The molecule has 0 radical (unpaired) electrons. The standard InChI is InChI=1S/C26H38N4O3/c1-7-14-29(17-22-9-11-24(25(16-22)32-6)33-18-19(2)3)26(31)12-10-23-20(4)28-30(21(23)5)15-8-13-27/h9,11,16,19H,7-8,10,12,14-15,17-18H2,1-6H3. The van der Waals surface area contributed by atoms with Gasteiger partial charge < -0.3 is 14.4 Å². The summed E-state index contributed by atoms with van der Waals surface area (Å²) >= 11 is 0. The van der Waals surface area contributed by atoms with Crippen molar-refractivity contribution in [3.05, 3.63) is 40.7 Å². The van der Waals surface area contributed by atoms with Crippen molar-refractivity contribution >= 4 is 5.91 Å². The first kappa shape index (κ1) is 26.2. The number of aromatic nitrogens is 2. The lowest BCUT2D eigenvalue weighted by Gasteiger charge is -2.23. The molecule has 1 aromatic carbocycles. The molecule has 0 saturated carbocycles. The number of nitrogens with zero attached hydrogens (tertiary/aromatic N) is 4. The van der Waals surface area contributed by atoms with E-state index in [-0.39, 0.29) is 5.91 Å². The summed E-state index contributed by atoms with van der Waals surface area (Å²) in [5.74, 6) is 1.97.